The molecule has 1 aromatic carbocycles. The molecule has 20 heavy (non-hydrogen) atoms. The molecule has 0 spiro atoms. The first-order valence-electron chi connectivity index (χ1n) is 6.55. The minimum absolute atomic E-state index is 0.123. The minimum Gasteiger partial charge on any atom is -0.343 e. The SMILES string of the molecule is CC(C)C(NC(=O)c1cccc(Cl)c1)c1ccccn1. The van der Waals surface area contributed by atoms with Crippen molar-refractivity contribution in [3.63, 3.8) is 0 Å². The van der Waals surface area contributed by atoms with Crippen molar-refractivity contribution < 1.29 is 4.79 Å². The molecule has 2 aromatic rings. The summed E-state index contributed by atoms with van der Waals surface area (Å²) in [5, 5.41) is 3.57. The lowest BCUT2D eigenvalue weighted by Crippen LogP contribution is -2.32. The summed E-state index contributed by atoms with van der Waals surface area (Å²) in [6.07, 6.45) is 1.73. The van der Waals surface area contributed by atoms with E-state index < -0.39 is 0 Å². The molecule has 3 nitrogen and oxygen atoms in total. The molecule has 0 aliphatic heterocycles. The summed E-state index contributed by atoms with van der Waals surface area (Å²) >= 11 is 5.91. The smallest absolute Gasteiger partial charge is 0.251 e. The van der Waals surface area contributed by atoms with Gasteiger partial charge in [-0.15, -0.1) is 0 Å². The number of carbonyl (C=O) groups is 1. The number of amides is 1. The number of carbonyl (C=O) groups excluding carboxylic acids is 1. The zero-order chi connectivity index (χ0) is 14.5. The number of hydrogen-bond acceptors (Lipinski definition) is 2. The second-order valence-corrected chi connectivity index (χ2v) is 5.40. The van der Waals surface area contributed by atoms with Crippen LogP contribution in [0.15, 0.2) is 48.7 Å². The lowest BCUT2D eigenvalue weighted by molar-refractivity contribution is 0.0924. The predicted molar refractivity (Wildman–Crippen MR) is 80.7 cm³/mol. The predicted octanol–water partition coefficient (Wildman–Crippen LogP) is 3.86. The summed E-state index contributed by atoms with van der Waals surface area (Å²) in [5.74, 6) is 0.102. The number of hydrogen-bond donors (Lipinski definition) is 1. The molecular formula is C16H17ClN2O. The van der Waals surface area contributed by atoms with E-state index in [2.05, 4.69) is 24.1 Å². The summed E-state index contributed by atoms with van der Waals surface area (Å²) in [5.41, 5.74) is 1.41. The fraction of sp³-hybridized carbons (Fsp3) is 0.250. The van der Waals surface area contributed by atoms with Crippen LogP contribution >= 0.6 is 11.6 Å². The maximum Gasteiger partial charge on any atom is 0.251 e. The van der Waals surface area contributed by atoms with Gasteiger partial charge in [0.25, 0.3) is 5.91 Å². The second-order valence-electron chi connectivity index (χ2n) is 4.96. The van der Waals surface area contributed by atoms with Crippen LogP contribution in [0.4, 0.5) is 0 Å². The van der Waals surface area contributed by atoms with Gasteiger partial charge in [0.1, 0.15) is 0 Å². The Morgan fingerprint density at radius 3 is 2.60 bits per heavy atom. The van der Waals surface area contributed by atoms with E-state index in [1.165, 1.54) is 0 Å². The van der Waals surface area contributed by atoms with Gasteiger partial charge in [-0.1, -0.05) is 37.6 Å². The highest BCUT2D eigenvalue weighted by Crippen LogP contribution is 2.20. The summed E-state index contributed by atoms with van der Waals surface area (Å²) in [7, 11) is 0. The van der Waals surface area contributed by atoms with E-state index in [9.17, 15) is 4.79 Å². The van der Waals surface area contributed by atoms with Gasteiger partial charge in [0.15, 0.2) is 0 Å². The van der Waals surface area contributed by atoms with Crippen LogP contribution in [0.25, 0.3) is 0 Å². The number of pyridine rings is 1. The Kier molecular flexibility index (Phi) is 4.74. The molecule has 1 aromatic heterocycles. The van der Waals surface area contributed by atoms with Crippen molar-refractivity contribution in [1.29, 1.82) is 0 Å². The average molecular weight is 289 g/mol. The Bertz CT molecular complexity index is 584. The van der Waals surface area contributed by atoms with Crippen molar-refractivity contribution in [2.75, 3.05) is 0 Å². The molecule has 0 saturated heterocycles. The van der Waals surface area contributed by atoms with Gasteiger partial charge in [-0.2, -0.15) is 0 Å². The van der Waals surface area contributed by atoms with Gasteiger partial charge in [0, 0.05) is 16.8 Å². The van der Waals surface area contributed by atoms with E-state index >= 15 is 0 Å². The van der Waals surface area contributed by atoms with Crippen molar-refractivity contribution >= 4 is 17.5 Å². The fourth-order valence-corrected chi connectivity index (χ4v) is 2.19. The molecule has 1 amide bonds. The zero-order valence-corrected chi connectivity index (χ0v) is 12.3. The fourth-order valence-electron chi connectivity index (χ4n) is 2.00. The maximum absolute atomic E-state index is 12.3. The molecule has 0 radical (unpaired) electrons. The molecule has 1 atom stereocenters. The molecule has 104 valence electrons. The van der Waals surface area contributed by atoms with Crippen LogP contribution in [0.5, 0.6) is 0 Å². The largest absolute Gasteiger partial charge is 0.343 e. The van der Waals surface area contributed by atoms with Gasteiger partial charge in [0.2, 0.25) is 0 Å². The maximum atomic E-state index is 12.3. The van der Waals surface area contributed by atoms with Gasteiger partial charge in [-0.25, -0.2) is 0 Å². The summed E-state index contributed by atoms with van der Waals surface area (Å²) in [6, 6.07) is 12.5. The monoisotopic (exact) mass is 288 g/mol. The third-order valence-electron chi connectivity index (χ3n) is 3.05. The number of nitrogens with zero attached hydrogens (tertiary/aromatic N) is 1. The Morgan fingerprint density at radius 1 is 1.20 bits per heavy atom. The van der Waals surface area contributed by atoms with E-state index in [0.717, 1.165) is 5.69 Å². The van der Waals surface area contributed by atoms with Crippen LogP contribution in [0.3, 0.4) is 0 Å². The molecule has 1 N–H and O–H groups in total. The van der Waals surface area contributed by atoms with Crippen LogP contribution in [-0.4, -0.2) is 10.9 Å². The third kappa shape index (κ3) is 3.58. The quantitative estimate of drug-likeness (QED) is 0.928. The van der Waals surface area contributed by atoms with Crippen LogP contribution in [0.2, 0.25) is 5.02 Å². The standard InChI is InChI=1S/C16H17ClN2O/c1-11(2)15(14-8-3-4-9-18-14)19-16(20)12-6-5-7-13(17)10-12/h3-11,15H,1-2H3,(H,19,20). The lowest BCUT2D eigenvalue weighted by atomic mass is 10.00. The average Bonchev–Trinajstić information content (AvgIpc) is 2.45. The number of benzene rings is 1. The van der Waals surface area contributed by atoms with Crippen molar-refractivity contribution in [3.8, 4) is 0 Å². The van der Waals surface area contributed by atoms with Crippen molar-refractivity contribution in [2.24, 2.45) is 5.92 Å². The molecule has 0 bridgehead atoms. The van der Waals surface area contributed by atoms with Gasteiger partial charge < -0.3 is 5.32 Å². The van der Waals surface area contributed by atoms with E-state index in [1.54, 1.807) is 30.5 Å². The summed E-state index contributed by atoms with van der Waals surface area (Å²) in [6.45, 7) is 4.11. The zero-order valence-electron chi connectivity index (χ0n) is 11.5. The molecule has 0 aliphatic carbocycles. The Labute approximate surface area is 124 Å². The van der Waals surface area contributed by atoms with Gasteiger partial charge >= 0.3 is 0 Å². The molecule has 0 aliphatic rings. The summed E-state index contributed by atoms with van der Waals surface area (Å²) < 4.78 is 0. The normalized spacial score (nSPS) is 12.2. The number of rotatable bonds is 4. The Hall–Kier alpha value is -1.87. The molecule has 0 fully saturated rings. The molecule has 1 unspecified atom stereocenters. The molecule has 0 saturated carbocycles. The van der Waals surface area contributed by atoms with Crippen molar-refractivity contribution in [3.05, 3.63) is 64.9 Å². The molecule has 2 rings (SSSR count). The third-order valence-corrected chi connectivity index (χ3v) is 3.28. The number of aromatic nitrogens is 1. The van der Waals surface area contributed by atoms with Crippen molar-refractivity contribution in [2.45, 2.75) is 19.9 Å². The topological polar surface area (TPSA) is 42.0 Å². The van der Waals surface area contributed by atoms with Crippen LogP contribution in [0, 0.1) is 5.92 Å². The highest BCUT2D eigenvalue weighted by atomic mass is 35.5. The van der Waals surface area contributed by atoms with Gasteiger partial charge in [0.05, 0.1) is 11.7 Å². The highest BCUT2D eigenvalue weighted by Gasteiger charge is 2.20. The first-order valence-corrected chi connectivity index (χ1v) is 6.93. The van der Waals surface area contributed by atoms with Crippen LogP contribution < -0.4 is 5.32 Å². The first-order chi connectivity index (χ1) is 9.58. The minimum atomic E-state index is -0.142. The molecule has 1 heterocycles. The number of halogens is 1. The highest BCUT2D eigenvalue weighted by molar-refractivity contribution is 6.30. The van der Waals surface area contributed by atoms with Gasteiger partial charge in [-0.05, 0) is 36.2 Å². The Morgan fingerprint density at radius 2 is 2.00 bits per heavy atom. The number of nitrogens with one attached hydrogen (secondary N) is 1. The first kappa shape index (κ1) is 14.5. The molecular weight excluding hydrogens is 272 g/mol. The van der Waals surface area contributed by atoms with E-state index in [-0.39, 0.29) is 17.9 Å². The van der Waals surface area contributed by atoms with E-state index in [0.29, 0.717) is 10.6 Å². The summed E-state index contributed by atoms with van der Waals surface area (Å²) in [4.78, 5) is 16.6. The van der Waals surface area contributed by atoms with Crippen LogP contribution in [0.1, 0.15) is 35.9 Å². The molecule has 4 heteroatoms. The van der Waals surface area contributed by atoms with Crippen LogP contribution in [-0.2, 0) is 0 Å². The van der Waals surface area contributed by atoms with Crippen molar-refractivity contribution in [1.82, 2.24) is 10.3 Å². The van der Waals surface area contributed by atoms with E-state index in [1.807, 2.05) is 18.2 Å². The van der Waals surface area contributed by atoms with E-state index in [4.69, 9.17) is 11.6 Å². The lowest BCUT2D eigenvalue weighted by Gasteiger charge is -2.22. The van der Waals surface area contributed by atoms with Gasteiger partial charge in [-0.3, -0.25) is 9.78 Å². The Balaban J connectivity index is 2.19. The second kappa shape index (κ2) is 6.53.